The molecule has 1 fully saturated rings. The van der Waals surface area contributed by atoms with Crippen LogP contribution in [0.25, 0.3) is 0 Å². The van der Waals surface area contributed by atoms with Crippen molar-refractivity contribution in [2.45, 2.75) is 25.7 Å². The average Bonchev–Trinajstić information content (AvgIpc) is 2.80. The van der Waals surface area contributed by atoms with Gasteiger partial charge >= 0.3 is 5.97 Å². The number of carboxylic acids is 1. The van der Waals surface area contributed by atoms with Crippen molar-refractivity contribution in [2.75, 3.05) is 6.61 Å². The van der Waals surface area contributed by atoms with Crippen LogP contribution in [0.4, 0.5) is 0 Å². The van der Waals surface area contributed by atoms with Crippen molar-refractivity contribution in [1.82, 2.24) is 0 Å². The van der Waals surface area contributed by atoms with Gasteiger partial charge in [0.05, 0.1) is 12.2 Å². The summed E-state index contributed by atoms with van der Waals surface area (Å²) < 4.78 is 0. The largest absolute Gasteiger partial charge is 0.478 e. The number of carboxylic acid groups (broad SMARTS) is 1. The molecule has 0 aromatic rings. The Morgan fingerprint density at radius 2 is 2.36 bits per heavy atom. The molecule has 0 aromatic heterocycles. The third kappa shape index (κ3) is 3.00. The smallest absolute Gasteiger partial charge is 0.333 e. The molecule has 3 nitrogen and oxygen atoms in total. The molecule has 2 bridgehead atoms. The van der Waals surface area contributed by atoms with Crippen LogP contribution in [-0.4, -0.2) is 22.8 Å². The van der Waals surface area contributed by atoms with Gasteiger partial charge in [0, 0.05) is 0 Å². The van der Waals surface area contributed by atoms with Crippen LogP contribution < -0.4 is 0 Å². The number of fused-ring (bicyclic) bond motifs is 2. The van der Waals surface area contributed by atoms with E-state index in [1.807, 2.05) is 0 Å². The summed E-state index contributed by atoms with van der Waals surface area (Å²) in [6, 6.07) is 0. The zero-order chi connectivity index (χ0) is 10.6. The maximum Gasteiger partial charge on any atom is 0.333 e. The topological polar surface area (TPSA) is 57.5 Å². The number of carbonyl (C=O) groups is 1. The summed E-state index contributed by atoms with van der Waals surface area (Å²) in [5.41, 5.74) is 1.56. The van der Waals surface area contributed by atoms with Crippen LogP contribution in [0.15, 0.2) is 23.8 Å². The number of hydrogen-bond acceptors (Lipinski definition) is 2. The molecule has 3 heteroatoms. The Bertz CT molecular complexity index is 266. The van der Waals surface area contributed by atoms with Crippen LogP contribution in [0, 0.1) is 5.92 Å². The molecule has 0 aromatic carbocycles. The van der Waals surface area contributed by atoms with E-state index in [2.05, 4.69) is 12.7 Å². The molecular formula is C11H16O3. The molecule has 1 unspecified atom stereocenters. The first-order valence-electron chi connectivity index (χ1n) is 4.83. The molecule has 1 atom stereocenters. The van der Waals surface area contributed by atoms with E-state index in [1.165, 1.54) is 25.7 Å². The highest BCUT2D eigenvalue weighted by Crippen LogP contribution is 2.38. The molecule has 0 spiro atoms. The second-order valence-corrected chi connectivity index (χ2v) is 3.77. The third-order valence-corrected chi connectivity index (χ3v) is 2.66. The lowest BCUT2D eigenvalue weighted by Crippen LogP contribution is -2.01. The fourth-order valence-corrected chi connectivity index (χ4v) is 1.75. The number of allylic oxidation sites excluding steroid dienone is 2. The van der Waals surface area contributed by atoms with E-state index in [-0.39, 0.29) is 5.57 Å². The first kappa shape index (κ1) is 11.0. The van der Waals surface area contributed by atoms with E-state index in [0.717, 1.165) is 5.92 Å². The van der Waals surface area contributed by atoms with E-state index >= 15 is 0 Å². The van der Waals surface area contributed by atoms with Gasteiger partial charge in [-0.3, -0.25) is 0 Å². The maximum atomic E-state index is 9.67. The summed E-state index contributed by atoms with van der Waals surface area (Å²) >= 11 is 0. The molecule has 0 heterocycles. The molecular weight excluding hydrogens is 180 g/mol. The number of aliphatic carboxylic acids is 1. The molecule has 78 valence electrons. The lowest BCUT2D eigenvalue weighted by Gasteiger charge is -1.98. The summed E-state index contributed by atoms with van der Waals surface area (Å²) in [6.45, 7) is 2.55. The van der Waals surface area contributed by atoms with Gasteiger partial charge in [0.2, 0.25) is 0 Å². The van der Waals surface area contributed by atoms with Crippen molar-refractivity contribution in [3.05, 3.63) is 23.8 Å². The minimum absolute atomic E-state index is 0.181. The predicted octanol–water partition coefficient (Wildman–Crippen LogP) is 1.74. The number of aliphatic hydroxyl groups is 1. The molecule has 2 rings (SSSR count). The Labute approximate surface area is 83.8 Å². The summed E-state index contributed by atoms with van der Waals surface area (Å²) in [7, 11) is 0. The quantitative estimate of drug-likeness (QED) is 0.522. The maximum absolute atomic E-state index is 9.67. The summed E-state index contributed by atoms with van der Waals surface area (Å²) in [5.74, 6) is -0.0718. The van der Waals surface area contributed by atoms with Gasteiger partial charge in [0.1, 0.15) is 0 Å². The number of aliphatic hydroxyl groups excluding tert-OH is 1. The van der Waals surface area contributed by atoms with Gasteiger partial charge in [-0.25, -0.2) is 4.79 Å². The molecule has 14 heavy (non-hydrogen) atoms. The monoisotopic (exact) mass is 196 g/mol. The van der Waals surface area contributed by atoms with Crippen LogP contribution in [0.1, 0.15) is 25.7 Å². The number of rotatable bonds is 2. The van der Waals surface area contributed by atoms with Crippen molar-refractivity contribution in [3.63, 3.8) is 0 Å². The highest BCUT2D eigenvalue weighted by molar-refractivity contribution is 5.85. The zero-order valence-corrected chi connectivity index (χ0v) is 8.20. The van der Waals surface area contributed by atoms with E-state index < -0.39 is 12.6 Å². The van der Waals surface area contributed by atoms with Crippen molar-refractivity contribution >= 4 is 5.97 Å². The standard InChI is InChI=1S/C7H10.C4H6O3/c1-2-7-4-3-6(1)5-7;1-3(2-5)4(6)7/h1,7H,2-5H2;5H,1-2H2,(H,6,7). The van der Waals surface area contributed by atoms with Gasteiger partial charge in [0.15, 0.2) is 0 Å². The Morgan fingerprint density at radius 3 is 2.43 bits per heavy atom. The van der Waals surface area contributed by atoms with E-state index in [1.54, 1.807) is 5.57 Å². The van der Waals surface area contributed by atoms with Crippen LogP contribution >= 0.6 is 0 Å². The minimum Gasteiger partial charge on any atom is -0.478 e. The Morgan fingerprint density at radius 1 is 1.64 bits per heavy atom. The number of hydrogen-bond donors (Lipinski definition) is 2. The van der Waals surface area contributed by atoms with Gasteiger partial charge in [-0.05, 0) is 31.6 Å². The van der Waals surface area contributed by atoms with Gasteiger partial charge < -0.3 is 10.2 Å². The molecule has 2 aliphatic carbocycles. The molecule has 2 aliphatic rings. The molecule has 1 saturated carbocycles. The predicted molar refractivity (Wildman–Crippen MR) is 53.9 cm³/mol. The summed E-state index contributed by atoms with van der Waals surface area (Å²) in [5, 5.41) is 15.9. The SMILES string of the molecule is C1=C2CCC(C1)C2.C=C(CO)C(=O)O. The summed E-state index contributed by atoms with van der Waals surface area (Å²) in [6.07, 6.45) is 8.18. The van der Waals surface area contributed by atoms with E-state index in [0.29, 0.717) is 0 Å². The Hall–Kier alpha value is -1.09. The van der Waals surface area contributed by atoms with Crippen molar-refractivity contribution in [2.24, 2.45) is 5.92 Å². The molecule has 0 radical (unpaired) electrons. The first-order valence-corrected chi connectivity index (χ1v) is 4.83. The normalized spacial score (nSPS) is 22.4. The lowest BCUT2D eigenvalue weighted by molar-refractivity contribution is -0.133. The minimum atomic E-state index is -1.15. The Balaban J connectivity index is 0.000000140. The van der Waals surface area contributed by atoms with E-state index in [9.17, 15) is 4.79 Å². The van der Waals surface area contributed by atoms with Gasteiger partial charge in [-0.1, -0.05) is 18.2 Å². The molecule has 0 aliphatic heterocycles. The Kier molecular flexibility index (Phi) is 3.89. The van der Waals surface area contributed by atoms with Crippen LogP contribution in [0.2, 0.25) is 0 Å². The third-order valence-electron chi connectivity index (χ3n) is 2.66. The van der Waals surface area contributed by atoms with Crippen molar-refractivity contribution < 1.29 is 15.0 Å². The lowest BCUT2D eigenvalue weighted by atomic mass is 10.1. The summed E-state index contributed by atoms with van der Waals surface area (Å²) in [4.78, 5) is 9.67. The molecule has 0 amide bonds. The van der Waals surface area contributed by atoms with Crippen molar-refractivity contribution in [3.8, 4) is 0 Å². The average molecular weight is 196 g/mol. The molecule has 2 N–H and O–H groups in total. The van der Waals surface area contributed by atoms with Crippen LogP contribution in [0.3, 0.4) is 0 Å². The van der Waals surface area contributed by atoms with Gasteiger partial charge in [-0.15, -0.1) is 0 Å². The highest BCUT2D eigenvalue weighted by atomic mass is 16.4. The highest BCUT2D eigenvalue weighted by Gasteiger charge is 2.22. The van der Waals surface area contributed by atoms with Crippen LogP contribution in [0.5, 0.6) is 0 Å². The zero-order valence-electron chi connectivity index (χ0n) is 8.20. The molecule has 0 saturated heterocycles. The second kappa shape index (κ2) is 4.96. The fourth-order valence-electron chi connectivity index (χ4n) is 1.75. The van der Waals surface area contributed by atoms with Crippen molar-refractivity contribution in [1.29, 1.82) is 0 Å². The first-order chi connectivity index (χ1) is 6.63. The van der Waals surface area contributed by atoms with E-state index in [4.69, 9.17) is 10.2 Å². The second-order valence-electron chi connectivity index (χ2n) is 3.77. The van der Waals surface area contributed by atoms with Gasteiger partial charge in [-0.2, -0.15) is 0 Å². The van der Waals surface area contributed by atoms with Gasteiger partial charge in [0.25, 0.3) is 0 Å². The fraction of sp³-hybridized carbons (Fsp3) is 0.545. The van der Waals surface area contributed by atoms with Crippen LogP contribution in [-0.2, 0) is 4.79 Å².